The maximum absolute atomic E-state index is 10.5. The average Bonchev–Trinajstić information content (AvgIpc) is 2.37. The van der Waals surface area contributed by atoms with E-state index in [0.717, 1.165) is 0 Å². The third-order valence-corrected chi connectivity index (χ3v) is 0.935. The third-order valence-electron chi connectivity index (χ3n) is 0.935. The maximum atomic E-state index is 10.5. The Morgan fingerprint density at radius 2 is 1.90 bits per heavy atom. The van der Waals surface area contributed by atoms with Crippen LogP contribution in [0.25, 0.3) is 0 Å². The van der Waals surface area contributed by atoms with Crippen molar-refractivity contribution in [1.82, 2.24) is 10.0 Å². The van der Waals surface area contributed by atoms with Crippen LogP contribution in [0.1, 0.15) is 0 Å². The molecule has 4 nitrogen and oxygen atoms in total. The molecule has 0 bridgehead atoms. The molecule has 1 aromatic heterocycles. The van der Waals surface area contributed by atoms with Crippen LogP contribution in [0.4, 0.5) is 4.79 Å². The van der Waals surface area contributed by atoms with Gasteiger partial charge in [0, 0.05) is 12.4 Å². The lowest BCUT2D eigenvalue weighted by Crippen LogP contribution is -2.23. The van der Waals surface area contributed by atoms with Gasteiger partial charge < -0.3 is 0 Å². The second-order valence-electron chi connectivity index (χ2n) is 1.51. The monoisotopic (exact) mass is 162 g/mol. The van der Waals surface area contributed by atoms with E-state index in [0.29, 0.717) is 0 Å². The van der Waals surface area contributed by atoms with Gasteiger partial charge >= 0.3 is 6.03 Å². The Balaban J connectivity index is 0.000000810. The predicted octanol–water partition coefficient (Wildman–Crippen LogP) is 0.857. The highest BCUT2D eigenvalue weighted by Gasteiger charge is 1.96. The highest BCUT2D eigenvalue weighted by atomic mass is 35.5. The Hall–Kier alpha value is -1.00. The molecule has 1 amide bonds. The zero-order valence-electron chi connectivity index (χ0n) is 5.02. The smallest absolute Gasteiger partial charge is 0.287 e. The number of nitrogens with zero attached hydrogens (tertiary/aromatic N) is 1. The normalized spacial score (nSPS) is 8.10. The van der Waals surface area contributed by atoms with Gasteiger partial charge in [0.2, 0.25) is 0 Å². The average molecular weight is 163 g/mol. The number of hydrogen-bond donors (Lipinski definition) is 2. The molecule has 2 N–H and O–H groups in total. The Kier molecular flexibility index (Phi) is 3.53. The van der Waals surface area contributed by atoms with Gasteiger partial charge in [0.25, 0.3) is 0 Å². The van der Waals surface area contributed by atoms with Crippen molar-refractivity contribution in [3.63, 3.8) is 0 Å². The molecule has 1 rings (SSSR count). The summed E-state index contributed by atoms with van der Waals surface area (Å²) in [5.41, 5.74) is 1.49. The van der Waals surface area contributed by atoms with E-state index in [9.17, 15) is 4.79 Å². The number of hydrogen-bond acceptors (Lipinski definition) is 2. The van der Waals surface area contributed by atoms with E-state index in [4.69, 9.17) is 5.21 Å². The minimum Gasteiger partial charge on any atom is -0.287 e. The van der Waals surface area contributed by atoms with E-state index in [1.54, 1.807) is 12.1 Å². The van der Waals surface area contributed by atoms with Crippen LogP contribution in [0, 0.1) is 0 Å². The molecule has 0 saturated carbocycles. The summed E-state index contributed by atoms with van der Waals surface area (Å²) in [6, 6.07) is 2.82. The highest BCUT2D eigenvalue weighted by Crippen LogP contribution is 1.86. The molecule has 5 heteroatoms. The number of rotatable bonds is 0. The van der Waals surface area contributed by atoms with Crippen LogP contribution < -0.4 is 5.48 Å². The van der Waals surface area contributed by atoms with Crippen LogP contribution in [-0.2, 0) is 0 Å². The predicted molar refractivity (Wildman–Crippen MR) is 37.4 cm³/mol. The Labute approximate surface area is 63.8 Å². The van der Waals surface area contributed by atoms with Crippen LogP contribution >= 0.6 is 12.4 Å². The number of aromatic nitrogens is 1. The first-order chi connectivity index (χ1) is 4.34. The molecule has 0 saturated heterocycles. The van der Waals surface area contributed by atoms with E-state index in [-0.39, 0.29) is 12.4 Å². The summed E-state index contributed by atoms with van der Waals surface area (Å²) in [6.45, 7) is 0. The van der Waals surface area contributed by atoms with Crippen LogP contribution in [0.5, 0.6) is 0 Å². The Morgan fingerprint density at radius 3 is 2.30 bits per heavy atom. The zero-order valence-corrected chi connectivity index (χ0v) is 5.84. The maximum Gasteiger partial charge on any atom is 0.349 e. The molecule has 1 heterocycles. The number of halogens is 1. The summed E-state index contributed by atoms with van der Waals surface area (Å²) in [7, 11) is 0. The van der Waals surface area contributed by atoms with E-state index in [2.05, 4.69) is 0 Å². The van der Waals surface area contributed by atoms with Crippen molar-refractivity contribution in [2.75, 3.05) is 0 Å². The summed E-state index contributed by atoms with van der Waals surface area (Å²) in [5.74, 6) is 0. The fraction of sp³-hybridized carbons (Fsp3) is 0. The molecule has 0 unspecified atom stereocenters. The molecule has 0 aliphatic rings. The van der Waals surface area contributed by atoms with Gasteiger partial charge in [-0.15, -0.1) is 12.4 Å². The standard InChI is InChI=1S/C5H6N2O2.ClH/c8-5(6-9)7-3-1-2-4-7;/h1-4,9H,(H,6,8);1H. The lowest BCUT2D eigenvalue weighted by molar-refractivity contribution is 0.163. The summed E-state index contributed by atoms with van der Waals surface area (Å²) in [6.07, 6.45) is 3.07. The summed E-state index contributed by atoms with van der Waals surface area (Å²) >= 11 is 0. The fourth-order valence-electron chi connectivity index (χ4n) is 0.528. The molecule has 0 atom stereocenters. The molecule has 10 heavy (non-hydrogen) atoms. The van der Waals surface area contributed by atoms with Crippen molar-refractivity contribution >= 4 is 18.4 Å². The molecule has 1 aromatic rings. The molecule has 0 aromatic carbocycles. The first kappa shape index (κ1) is 9.00. The quantitative estimate of drug-likeness (QED) is 0.439. The van der Waals surface area contributed by atoms with Crippen LogP contribution in [0.2, 0.25) is 0 Å². The van der Waals surface area contributed by atoms with Gasteiger partial charge in [-0.1, -0.05) is 0 Å². The van der Waals surface area contributed by atoms with E-state index in [1.165, 1.54) is 22.4 Å². The number of carbonyl (C=O) groups excluding carboxylic acids is 1. The van der Waals surface area contributed by atoms with Crippen molar-refractivity contribution in [2.24, 2.45) is 0 Å². The lowest BCUT2D eigenvalue weighted by Gasteiger charge is -1.95. The summed E-state index contributed by atoms with van der Waals surface area (Å²) in [5, 5.41) is 8.09. The first-order valence-corrected chi connectivity index (χ1v) is 2.42. The SMILES string of the molecule is Cl.O=C(NO)n1cccc1. The molecular formula is C5H7ClN2O2. The van der Waals surface area contributed by atoms with Crippen LogP contribution in [0.15, 0.2) is 24.5 Å². The number of carbonyl (C=O) groups is 1. The van der Waals surface area contributed by atoms with Gasteiger partial charge in [0.1, 0.15) is 0 Å². The second kappa shape index (κ2) is 3.92. The number of hydroxylamine groups is 1. The largest absolute Gasteiger partial charge is 0.349 e. The molecule has 0 spiro atoms. The number of amides is 1. The van der Waals surface area contributed by atoms with Crippen molar-refractivity contribution in [3.8, 4) is 0 Å². The molecule has 56 valence electrons. The molecule has 0 radical (unpaired) electrons. The Bertz CT molecular complexity index is 197. The summed E-state index contributed by atoms with van der Waals surface area (Å²) < 4.78 is 1.22. The highest BCUT2D eigenvalue weighted by molar-refractivity contribution is 5.85. The fourth-order valence-corrected chi connectivity index (χ4v) is 0.528. The van der Waals surface area contributed by atoms with Gasteiger partial charge in [-0.05, 0) is 12.1 Å². The van der Waals surface area contributed by atoms with Crippen molar-refractivity contribution in [2.45, 2.75) is 0 Å². The zero-order chi connectivity index (χ0) is 6.69. The first-order valence-electron chi connectivity index (χ1n) is 2.42. The molecule has 0 fully saturated rings. The van der Waals surface area contributed by atoms with Crippen LogP contribution in [-0.4, -0.2) is 15.8 Å². The lowest BCUT2D eigenvalue weighted by atomic mass is 10.7. The van der Waals surface area contributed by atoms with Crippen molar-refractivity contribution < 1.29 is 10.0 Å². The topological polar surface area (TPSA) is 54.3 Å². The van der Waals surface area contributed by atoms with E-state index < -0.39 is 6.03 Å². The van der Waals surface area contributed by atoms with Crippen molar-refractivity contribution in [1.29, 1.82) is 0 Å². The molecule has 0 aliphatic carbocycles. The Morgan fingerprint density at radius 1 is 1.40 bits per heavy atom. The van der Waals surface area contributed by atoms with E-state index >= 15 is 0 Å². The van der Waals surface area contributed by atoms with Gasteiger partial charge in [-0.25, -0.2) is 10.3 Å². The van der Waals surface area contributed by atoms with Crippen molar-refractivity contribution in [3.05, 3.63) is 24.5 Å². The third kappa shape index (κ3) is 1.75. The van der Waals surface area contributed by atoms with Gasteiger partial charge in [0.15, 0.2) is 0 Å². The molecule has 0 aliphatic heterocycles. The number of nitrogens with one attached hydrogen (secondary N) is 1. The van der Waals surface area contributed by atoms with Gasteiger partial charge in [-0.3, -0.25) is 9.77 Å². The van der Waals surface area contributed by atoms with E-state index in [1.807, 2.05) is 0 Å². The van der Waals surface area contributed by atoms with Gasteiger partial charge in [-0.2, -0.15) is 0 Å². The second-order valence-corrected chi connectivity index (χ2v) is 1.51. The molecular weight excluding hydrogens is 156 g/mol. The summed E-state index contributed by atoms with van der Waals surface area (Å²) in [4.78, 5) is 10.5. The minimum absolute atomic E-state index is 0. The van der Waals surface area contributed by atoms with Crippen LogP contribution in [0.3, 0.4) is 0 Å². The van der Waals surface area contributed by atoms with Gasteiger partial charge in [0.05, 0.1) is 0 Å². The minimum atomic E-state index is -0.556.